The molecule has 2 aliphatic heterocycles. The summed E-state index contributed by atoms with van der Waals surface area (Å²) in [5, 5.41) is 7.97. The summed E-state index contributed by atoms with van der Waals surface area (Å²) in [5.74, 6) is 0.452. The number of rotatable bonds is 5. The highest BCUT2D eigenvalue weighted by molar-refractivity contribution is 6.32. The summed E-state index contributed by atoms with van der Waals surface area (Å²) in [6.07, 6.45) is 5.67. The van der Waals surface area contributed by atoms with E-state index in [2.05, 4.69) is 46.5 Å². The van der Waals surface area contributed by atoms with E-state index in [9.17, 15) is 4.79 Å². The Bertz CT molecular complexity index is 887. The van der Waals surface area contributed by atoms with Crippen LogP contribution in [0, 0.1) is 12.8 Å². The van der Waals surface area contributed by atoms with Gasteiger partial charge in [0.25, 0.3) is 5.56 Å². The van der Waals surface area contributed by atoms with Gasteiger partial charge in [0.05, 0.1) is 24.5 Å². The minimum Gasteiger partial charge on any atom is -0.382 e. The molecule has 6 nitrogen and oxygen atoms in total. The van der Waals surface area contributed by atoms with Crippen LogP contribution in [0.3, 0.4) is 0 Å². The van der Waals surface area contributed by atoms with E-state index in [1.54, 1.807) is 10.9 Å². The highest BCUT2D eigenvalue weighted by Crippen LogP contribution is 2.27. The molecule has 29 heavy (non-hydrogen) atoms. The molecule has 1 aromatic carbocycles. The molecule has 1 unspecified atom stereocenters. The lowest BCUT2D eigenvalue weighted by atomic mass is 10.0. The van der Waals surface area contributed by atoms with Crippen LogP contribution in [0.15, 0.2) is 35.3 Å². The Balaban J connectivity index is 1.39. The Labute approximate surface area is 176 Å². The van der Waals surface area contributed by atoms with Crippen molar-refractivity contribution in [2.75, 3.05) is 43.1 Å². The molecule has 3 heterocycles. The van der Waals surface area contributed by atoms with Gasteiger partial charge in [-0.05, 0) is 56.2 Å². The van der Waals surface area contributed by atoms with E-state index >= 15 is 0 Å². The fraction of sp³-hybridized carbons (Fsp3) is 0.545. The highest BCUT2D eigenvalue weighted by Gasteiger charge is 2.24. The summed E-state index contributed by atoms with van der Waals surface area (Å²) in [6.45, 7) is 6.27. The van der Waals surface area contributed by atoms with Crippen molar-refractivity contribution in [3.8, 4) is 0 Å². The van der Waals surface area contributed by atoms with Crippen molar-refractivity contribution in [3.05, 3.63) is 51.4 Å². The third-order valence-corrected chi connectivity index (χ3v) is 6.32. The molecule has 0 radical (unpaired) electrons. The second-order valence-electron chi connectivity index (χ2n) is 8.14. The van der Waals surface area contributed by atoms with Gasteiger partial charge >= 0.3 is 0 Å². The van der Waals surface area contributed by atoms with Crippen LogP contribution in [0.1, 0.15) is 37.3 Å². The van der Waals surface area contributed by atoms with Crippen LogP contribution in [-0.4, -0.2) is 42.6 Å². The molecule has 0 bridgehead atoms. The van der Waals surface area contributed by atoms with Crippen molar-refractivity contribution in [1.82, 2.24) is 9.78 Å². The van der Waals surface area contributed by atoms with Crippen molar-refractivity contribution in [2.24, 2.45) is 5.92 Å². The zero-order valence-corrected chi connectivity index (χ0v) is 17.7. The number of ether oxygens (including phenoxy) is 1. The molecule has 2 aromatic rings. The fourth-order valence-electron chi connectivity index (χ4n) is 4.24. The minimum absolute atomic E-state index is 0.0850. The van der Waals surface area contributed by atoms with Gasteiger partial charge in [-0.2, -0.15) is 5.10 Å². The molecule has 1 N–H and O–H groups in total. The van der Waals surface area contributed by atoms with Gasteiger partial charge in [-0.25, -0.2) is 4.68 Å². The number of benzene rings is 1. The van der Waals surface area contributed by atoms with E-state index in [4.69, 9.17) is 16.3 Å². The van der Waals surface area contributed by atoms with Crippen LogP contribution in [0.2, 0.25) is 5.02 Å². The Morgan fingerprint density at radius 1 is 1.28 bits per heavy atom. The zero-order valence-electron chi connectivity index (χ0n) is 16.9. The smallest absolute Gasteiger partial charge is 0.287 e. The topological polar surface area (TPSA) is 59.4 Å². The van der Waals surface area contributed by atoms with E-state index in [0.29, 0.717) is 11.6 Å². The second-order valence-corrected chi connectivity index (χ2v) is 8.52. The molecule has 0 aliphatic carbocycles. The predicted molar refractivity (Wildman–Crippen MR) is 117 cm³/mol. The molecule has 1 atom stereocenters. The molecule has 2 saturated heterocycles. The van der Waals surface area contributed by atoms with Gasteiger partial charge in [-0.3, -0.25) is 4.79 Å². The van der Waals surface area contributed by atoms with Crippen LogP contribution < -0.4 is 15.8 Å². The maximum Gasteiger partial charge on any atom is 0.287 e. The number of halogens is 1. The van der Waals surface area contributed by atoms with E-state index in [0.717, 1.165) is 58.5 Å². The molecular weight excluding hydrogens is 388 g/mol. The third kappa shape index (κ3) is 4.75. The lowest BCUT2D eigenvalue weighted by molar-refractivity contribution is 0.0595. The molecule has 1 aromatic heterocycles. The SMILES string of the molecule is Cc1cccc(N2CCC(n3ncc(NCC4CCCOC4)c(Cl)c3=O)CC2)c1. The average molecular weight is 417 g/mol. The first-order chi connectivity index (χ1) is 14.1. The lowest BCUT2D eigenvalue weighted by Crippen LogP contribution is -2.38. The van der Waals surface area contributed by atoms with Gasteiger partial charge in [0.15, 0.2) is 0 Å². The summed E-state index contributed by atoms with van der Waals surface area (Å²) in [7, 11) is 0. The molecule has 2 aliphatic rings. The van der Waals surface area contributed by atoms with Crippen molar-refractivity contribution in [1.29, 1.82) is 0 Å². The quantitative estimate of drug-likeness (QED) is 0.801. The van der Waals surface area contributed by atoms with E-state index in [-0.39, 0.29) is 16.6 Å². The van der Waals surface area contributed by atoms with Gasteiger partial charge in [0, 0.05) is 31.9 Å². The Morgan fingerprint density at radius 2 is 2.10 bits per heavy atom. The number of piperidine rings is 1. The minimum atomic E-state index is -0.203. The van der Waals surface area contributed by atoms with Crippen LogP contribution >= 0.6 is 11.6 Å². The van der Waals surface area contributed by atoms with Gasteiger partial charge in [-0.15, -0.1) is 0 Å². The Hall–Kier alpha value is -2.05. The van der Waals surface area contributed by atoms with E-state index in [1.165, 1.54) is 11.3 Å². The number of hydrogen-bond acceptors (Lipinski definition) is 5. The summed E-state index contributed by atoms with van der Waals surface area (Å²) in [6, 6.07) is 8.64. The van der Waals surface area contributed by atoms with Gasteiger partial charge < -0.3 is 15.0 Å². The fourth-order valence-corrected chi connectivity index (χ4v) is 4.45. The molecule has 7 heteroatoms. The molecule has 0 saturated carbocycles. The van der Waals surface area contributed by atoms with Gasteiger partial charge in [0.2, 0.25) is 0 Å². The Morgan fingerprint density at radius 3 is 2.83 bits per heavy atom. The molecule has 156 valence electrons. The summed E-state index contributed by atoms with van der Waals surface area (Å²) in [5.41, 5.74) is 2.92. The summed E-state index contributed by atoms with van der Waals surface area (Å²) in [4.78, 5) is 15.2. The normalized spacial score (nSPS) is 20.6. The van der Waals surface area contributed by atoms with Gasteiger partial charge in [-0.1, -0.05) is 23.7 Å². The maximum absolute atomic E-state index is 12.8. The van der Waals surface area contributed by atoms with Gasteiger partial charge in [0.1, 0.15) is 5.02 Å². The van der Waals surface area contributed by atoms with Crippen LogP contribution in [0.4, 0.5) is 11.4 Å². The maximum atomic E-state index is 12.8. The first kappa shape index (κ1) is 20.2. The van der Waals surface area contributed by atoms with Crippen LogP contribution in [0.25, 0.3) is 0 Å². The second kappa shape index (κ2) is 9.18. The van der Waals surface area contributed by atoms with Crippen molar-refractivity contribution in [3.63, 3.8) is 0 Å². The number of anilines is 2. The van der Waals surface area contributed by atoms with Crippen LogP contribution in [-0.2, 0) is 4.74 Å². The van der Waals surface area contributed by atoms with Crippen molar-refractivity contribution < 1.29 is 4.74 Å². The molecular formula is C22H29ClN4O2. The molecule has 2 fully saturated rings. The largest absolute Gasteiger partial charge is 0.382 e. The van der Waals surface area contributed by atoms with Crippen molar-refractivity contribution in [2.45, 2.75) is 38.6 Å². The number of nitrogens with zero attached hydrogens (tertiary/aromatic N) is 3. The first-order valence-corrected chi connectivity index (χ1v) is 10.9. The van der Waals surface area contributed by atoms with E-state index < -0.39 is 0 Å². The van der Waals surface area contributed by atoms with E-state index in [1.807, 2.05) is 0 Å². The number of nitrogens with one attached hydrogen (secondary N) is 1. The summed E-state index contributed by atoms with van der Waals surface area (Å²) < 4.78 is 7.09. The summed E-state index contributed by atoms with van der Waals surface area (Å²) >= 11 is 6.40. The first-order valence-electron chi connectivity index (χ1n) is 10.5. The number of hydrogen-bond donors (Lipinski definition) is 1. The standard InChI is InChI=1S/C22H29ClN4O2/c1-16-4-2-6-19(12-16)26-9-7-18(8-10-26)27-22(28)21(23)20(14-25-27)24-13-17-5-3-11-29-15-17/h2,4,6,12,14,17-18,24H,3,5,7-11,13,15H2,1H3. The van der Waals surface area contributed by atoms with Crippen LogP contribution in [0.5, 0.6) is 0 Å². The monoisotopic (exact) mass is 416 g/mol. The zero-order chi connectivity index (χ0) is 20.2. The average Bonchev–Trinajstić information content (AvgIpc) is 2.76. The van der Waals surface area contributed by atoms with Crippen molar-refractivity contribution >= 4 is 23.0 Å². The Kier molecular flexibility index (Phi) is 6.40. The number of aromatic nitrogens is 2. The molecule has 4 rings (SSSR count). The lowest BCUT2D eigenvalue weighted by Gasteiger charge is -2.34. The highest BCUT2D eigenvalue weighted by atomic mass is 35.5. The molecule has 0 amide bonds. The third-order valence-electron chi connectivity index (χ3n) is 5.96. The predicted octanol–water partition coefficient (Wildman–Crippen LogP) is 3.89. The number of aryl methyl sites for hydroxylation is 1. The molecule has 0 spiro atoms.